The van der Waals surface area contributed by atoms with E-state index in [1.807, 2.05) is 41.5 Å². The highest BCUT2D eigenvalue weighted by Gasteiger charge is 2.33. The van der Waals surface area contributed by atoms with Gasteiger partial charge < -0.3 is 15.2 Å². The highest BCUT2D eigenvalue weighted by atomic mass is 16.6. The maximum Gasteiger partial charge on any atom is 0.339 e. The van der Waals surface area contributed by atoms with Crippen LogP contribution < -0.4 is 5.73 Å². The van der Waals surface area contributed by atoms with Crippen LogP contribution in [-0.2, 0) is 14.3 Å². The normalized spacial score (nSPS) is 12.7. The summed E-state index contributed by atoms with van der Waals surface area (Å²) in [5.74, 6) is -0.427. The lowest BCUT2D eigenvalue weighted by molar-refractivity contribution is -0.164. The second-order valence-electron chi connectivity index (χ2n) is 8.08. The lowest BCUT2D eigenvalue weighted by Crippen LogP contribution is -2.29. The van der Waals surface area contributed by atoms with Gasteiger partial charge in [0.2, 0.25) is 0 Å². The number of esters is 1. The third kappa shape index (κ3) is 4.33. The van der Waals surface area contributed by atoms with Crippen LogP contribution in [0.5, 0.6) is 0 Å². The van der Waals surface area contributed by atoms with E-state index in [1.165, 1.54) is 12.7 Å². The molecule has 0 saturated heterocycles. The summed E-state index contributed by atoms with van der Waals surface area (Å²) in [4.78, 5) is 12.7. The molecule has 0 aliphatic rings. The summed E-state index contributed by atoms with van der Waals surface area (Å²) in [6.07, 6.45) is -0.854. The Balaban J connectivity index is 2.86. The molecule has 4 nitrogen and oxygen atoms in total. The summed E-state index contributed by atoms with van der Waals surface area (Å²) in [5.41, 5.74) is 13.4. The van der Waals surface area contributed by atoms with Crippen LogP contribution >= 0.6 is 0 Å². The molecule has 27 heavy (non-hydrogen) atoms. The number of anilines is 1. The minimum Gasteiger partial charge on any atom is -0.467 e. The SMILES string of the molecule is COC(=O)[C@@H](OC(C)(C)C)c1c(C)c(N)c(C)c(C)c1-c1ccc(C)cc1. The number of carbonyl (C=O) groups excluding carboxylic acids is 1. The predicted molar refractivity (Wildman–Crippen MR) is 111 cm³/mol. The molecule has 0 saturated carbocycles. The van der Waals surface area contributed by atoms with Crippen molar-refractivity contribution in [2.24, 2.45) is 0 Å². The van der Waals surface area contributed by atoms with E-state index in [4.69, 9.17) is 15.2 Å². The Morgan fingerprint density at radius 3 is 2.00 bits per heavy atom. The van der Waals surface area contributed by atoms with E-state index in [-0.39, 0.29) is 0 Å². The number of aryl methyl sites for hydroxylation is 1. The standard InChI is InChI=1S/C23H31NO3/c1-13-9-11-17(12-10-13)18-14(2)15(3)20(24)16(4)19(18)21(22(25)26-8)27-23(5,6)7/h9-12,21H,24H2,1-8H3/t21-/m0/s1. The molecule has 1 atom stereocenters. The van der Waals surface area contributed by atoms with Gasteiger partial charge in [-0.25, -0.2) is 4.79 Å². The highest BCUT2D eigenvalue weighted by molar-refractivity contribution is 5.86. The molecule has 0 amide bonds. The average Bonchev–Trinajstić information content (AvgIpc) is 2.60. The summed E-state index contributed by atoms with van der Waals surface area (Å²) < 4.78 is 11.2. The minimum atomic E-state index is -0.854. The third-order valence-corrected chi connectivity index (χ3v) is 4.91. The van der Waals surface area contributed by atoms with E-state index < -0.39 is 17.7 Å². The Labute approximate surface area is 162 Å². The van der Waals surface area contributed by atoms with Crippen molar-refractivity contribution < 1.29 is 14.3 Å². The Morgan fingerprint density at radius 2 is 1.52 bits per heavy atom. The zero-order valence-corrected chi connectivity index (χ0v) is 17.7. The van der Waals surface area contributed by atoms with Crippen molar-refractivity contribution in [3.05, 3.63) is 52.1 Å². The van der Waals surface area contributed by atoms with Crippen molar-refractivity contribution in [3.63, 3.8) is 0 Å². The van der Waals surface area contributed by atoms with Gasteiger partial charge in [-0.3, -0.25) is 0 Å². The van der Waals surface area contributed by atoms with Gasteiger partial charge in [-0.2, -0.15) is 0 Å². The Morgan fingerprint density at radius 1 is 0.963 bits per heavy atom. The van der Waals surface area contributed by atoms with Crippen LogP contribution in [0.4, 0.5) is 5.69 Å². The predicted octanol–water partition coefficient (Wildman–Crippen LogP) is 5.20. The van der Waals surface area contributed by atoms with Crippen LogP contribution in [0.3, 0.4) is 0 Å². The van der Waals surface area contributed by atoms with Gasteiger partial charge in [0.15, 0.2) is 6.10 Å². The fraction of sp³-hybridized carbons (Fsp3) is 0.435. The van der Waals surface area contributed by atoms with Gasteiger partial charge >= 0.3 is 5.97 Å². The van der Waals surface area contributed by atoms with Gasteiger partial charge in [0.05, 0.1) is 12.7 Å². The molecule has 0 radical (unpaired) electrons. The molecule has 0 aliphatic carbocycles. The van der Waals surface area contributed by atoms with Crippen molar-refractivity contribution in [1.82, 2.24) is 0 Å². The van der Waals surface area contributed by atoms with Crippen molar-refractivity contribution in [2.45, 2.75) is 60.2 Å². The zero-order chi connectivity index (χ0) is 20.5. The molecular formula is C23H31NO3. The highest BCUT2D eigenvalue weighted by Crippen LogP contribution is 2.42. The van der Waals surface area contributed by atoms with E-state index in [1.54, 1.807) is 0 Å². The van der Waals surface area contributed by atoms with Gasteiger partial charge in [0.1, 0.15) is 0 Å². The third-order valence-electron chi connectivity index (χ3n) is 4.91. The van der Waals surface area contributed by atoms with E-state index in [0.29, 0.717) is 5.69 Å². The fourth-order valence-electron chi connectivity index (χ4n) is 3.31. The molecule has 0 bridgehead atoms. The first kappa shape index (κ1) is 21.0. The first-order valence-corrected chi connectivity index (χ1v) is 9.19. The molecule has 4 heteroatoms. The van der Waals surface area contributed by atoms with Crippen molar-refractivity contribution in [3.8, 4) is 11.1 Å². The van der Waals surface area contributed by atoms with Crippen molar-refractivity contribution >= 4 is 11.7 Å². The van der Waals surface area contributed by atoms with Gasteiger partial charge in [0, 0.05) is 11.3 Å². The van der Waals surface area contributed by atoms with Crippen LogP contribution in [0.25, 0.3) is 11.1 Å². The first-order chi connectivity index (χ1) is 12.5. The van der Waals surface area contributed by atoms with E-state index in [0.717, 1.165) is 33.4 Å². The lowest BCUT2D eigenvalue weighted by Gasteiger charge is -2.30. The van der Waals surface area contributed by atoms with Crippen LogP contribution in [0.1, 0.15) is 54.7 Å². The Kier molecular flexibility index (Phi) is 6.01. The Hall–Kier alpha value is -2.33. The summed E-state index contributed by atoms with van der Waals surface area (Å²) in [5, 5.41) is 0. The van der Waals surface area contributed by atoms with Crippen molar-refractivity contribution in [1.29, 1.82) is 0 Å². The minimum absolute atomic E-state index is 0.427. The summed E-state index contributed by atoms with van der Waals surface area (Å²) in [7, 11) is 1.38. The molecule has 0 unspecified atom stereocenters. The van der Waals surface area contributed by atoms with E-state index in [9.17, 15) is 4.79 Å². The molecule has 2 aromatic rings. The van der Waals surface area contributed by atoms with Gasteiger partial charge in [-0.05, 0) is 76.3 Å². The number of methoxy groups -OCH3 is 1. The van der Waals surface area contributed by atoms with Gasteiger partial charge in [0.25, 0.3) is 0 Å². The van der Waals surface area contributed by atoms with Gasteiger partial charge in [-0.15, -0.1) is 0 Å². The maximum absolute atomic E-state index is 12.7. The monoisotopic (exact) mass is 369 g/mol. The Bertz CT molecular complexity index is 846. The molecule has 2 aromatic carbocycles. The van der Waals surface area contributed by atoms with E-state index >= 15 is 0 Å². The zero-order valence-electron chi connectivity index (χ0n) is 17.7. The summed E-state index contributed by atoms with van der Waals surface area (Å²) >= 11 is 0. The fourth-order valence-corrected chi connectivity index (χ4v) is 3.31. The smallest absolute Gasteiger partial charge is 0.339 e. The molecule has 2 N–H and O–H groups in total. The van der Waals surface area contributed by atoms with Crippen LogP contribution in [-0.4, -0.2) is 18.7 Å². The van der Waals surface area contributed by atoms with Gasteiger partial charge in [-0.1, -0.05) is 29.8 Å². The maximum atomic E-state index is 12.7. The van der Waals surface area contributed by atoms with E-state index in [2.05, 4.69) is 31.2 Å². The molecule has 146 valence electrons. The number of carbonyl (C=O) groups is 1. The molecule has 2 rings (SSSR count). The number of rotatable bonds is 4. The summed E-state index contributed by atoms with van der Waals surface area (Å²) in [6, 6.07) is 8.28. The molecule has 0 heterocycles. The molecular weight excluding hydrogens is 338 g/mol. The molecule has 0 spiro atoms. The second-order valence-corrected chi connectivity index (χ2v) is 8.08. The first-order valence-electron chi connectivity index (χ1n) is 9.19. The van der Waals surface area contributed by atoms with Crippen LogP contribution in [0.15, 0.2) is 24.3 Å². The number of nitrogens with two attached hydrogens (primary N) is 1. The van der Waals surface area contributed by atoms with Crippen LogP contribution in [0.2, 0.25) is 0 Å². The molecule has 0 aliphatic heterocycles. The number of hydrogen-bond acceptors (Lipinski definition) is 4. The lowest BCUT2D eigenvalue weighted by atomic mass is 9.84. The largest absolute Gasteiger partial charge is 0.467 e. The molecule has 0 aromatic heterocycles. The second kappa shape index (κ2) is 7.73. The summed E-state index contributed by atoms with van der Waals surface area (Å²) in [6.45, 7) is 13.8. The van der Waals surface area contributed by atoms with Crippen LogP contribution in [0, 0.1) is 27.7 Å². The molecule has 0 fully saturated rings. The topological polar surface area (TPSA) is 61.5 Å². The number of hydrogen-bond donors (Lipinski definition) is 1. The number of ether oxygens (including phenoxy) is 2. The quantitative estimate of drug-likeness (QED) is 0.594. The van der Waals surface area contributed by atoms with Crippen molar-refractivity contribution in [2.75, 3.05) is 12.8 Å². The number of benzene rings is 2. The number of nitrogen functional groups attached to an aromatic ring is 1. The average molecular weight is 370 g/mol.